The summed E-state index contributed by atoms with van der Waals surface area (Å²) in [6, 6.07) is 0. The number of amides is 2. The molecule has 1 atom stereocenters. The standard InChI is InChI=1S/C16H29N3O2/c1-2-4-15(20)19-8-3-5-14(12-19)16(21)18-9-6-13(11-17)7-10-18/h13-14H,2-12,17H2,1H3. The Morgan fingerprint density at radius 2 is 1.81 bits per heavy atom. The van der Waals surface area contributed by atoms with Gasteiger partial charge in [0.2, 0.25) is 11.8 Å². The van der Waals surface area contributed by atoms with Crippen molar-refractivity contribution in [3.05, 3.63) is 0 Å². The minimum absolute atomic E-state index is 0.00832. The molecule has 21 heavy (non-hydrogen) atoms. The van der Waals surface area contributed by atoms with Gasteiger partial charge in [0.15, 0.2) is 0 Å². The summed E-state index contributed by atoms with van der Waals surface area (Å²) in [4.78, 5) is 28.5. The van der Waals surface area contributed by atoms with Gasteiger partial charge in [-0.15, -0.1) is 0 Å². The Morgan fingerprint density at radius 3 is 2.43 bits per heavy atom. The maximum Gasteiger partial charge on any atom is 0.227 e. The lowest BCUT2D eigenvalue weighted by molar-refractivity contribution is -0.141. The molecule has 0 spiro atoms. The average Bonchev–Trinajstić information content (AvgIpc) is 2.54. The number of nitrogens with two attached hydrogens (primary N) is 1. The lowest BCUT2D eigenvalue weighted by Gasteiger charge is -2.37. The first kappa shape index (κ1) is 16.3. The van der Waals surface area contributed by atoms with Crippen LogP contribution in [-0.4, -0.2) is 54.3 Å². The molecule has 0 radical (unpaired) electrons. The van der Waals surface area contributed by atoms with Crippen LogP contribution in [0.2, 0.25) is 0 Å². The number of piperidine rings is 2. The van der Waals surface area contributed by atoms with Gasteiger partial charge in [-0.3, -0.25) is 9.59 Å². The maximum absolute atomic E-state index is 12.6. The van der Waals surface area contributed by atoms with Crippen LogP contribution in [0, 0.1) is 11.8 Å². The molecular formula is C16H29N3O2. The minimum atomic E-state index is 0.00832. The van der Waals surface area contributed by atoms with Crippen LogP contribution in [0.1, 0.15) is 45.4 Å². The zero-order valence-corrected chi connectivity index (χ0v) is 13.2. The van der Waals surface area contributed by atoms with Gasteiger partial charge in [0.05, 0.1) is 5.92 Å². The SMILES string of the molecule is CCCC(=O)N1CCCC(C(=O)N2CCC(CN)CC2)C1. The van der Waals surface area contributed by atoms with Crippen molar-refractivity contribution >= 4 is 11.8 Å². The summed E-state index contributed by atoms with van der Waals surface area (Å²) in [5.74, 6) is 1.04. The van der Waals surface area contributed by atoms with E-state index in [9.17, 15) is 9.59 Å². The molecule has 2 aliphatic heterocycles. The van der Waals surface area contributed by atoms with Crippen LogP contribution in [0.3, 0.4) is 0 Å². The van der Waals surface area contributed by atoms with E-state index in [1.54, 1.807) is 0 Å². The molecule has 2 heterocycles. The number of carbonyl (C=O) groups excluding carboxylic acids is 2. The van der Waals surface area contributed by atoms with Crippen LogP contribution in [0.25, 0.3) is 0 Å². The molecular weight excluding hydrogens is 266 g/mol. The predicted octanol–water partition coefficient (Wildman–Crippen LogP) is 1.22. The van der Waals surface area contributed by atoms with Gasteiger partial charge in [-0.1, -0.05) is 6.92 Å². The Hall–Kier alpha value is -1.10. The first-order valence-corrected chi connectivity index (χ1v) is 8.42. The fourth-order valence-corrected chi connectivity index (χ4v) is 3.42. The predicted molar refractivity (Wildman–Crippen MR) is 82.6 cm³/mol. The van der Waals surface area contributed by atoms with E-state index in [2.05, 4.69) is 0 Å². The van der Waals surface area contributed by atoms with Gasteiger partial charge < -0.3 is 15.5 Å². The molecule has 0 saturated carbocycles. The Kier molecular flexibility index (Phi) is 6.03. The van der Waals surface area contributed by atoms with Crippen molar-refractivity contribution in [3.8, 4) is 0 Å². The highest BCUT2D eigenvalue weighted by Gasteiger charge is 2.32. The van der Waals surface area contributed by atoms with E-state index in [-0.39, 0.29) is 17.7 Å². The number of carbonyl (C=O) groups is 2. The van der Waals surface area contributed by atoms with E-state index < -0.39 is 0 Å². The third-order valence-electron chi connectivity index (χ3n) is 4.85. The van der Waals surface area contributed by atoms with Crippen molar-refractivity contribution < 1.29 is 9.59 Å². The van der Waals surface area contributed by atoms with Crippen molar-refractivity contribution in [2.75, 3.05) is 32.7 Å². The van der Waals surface area contributed by atoms with E-state index in [0.717, 1.165) is 58.3 Å². The lowest BCUT2D eigenvalue weighted by atomic mass is 9.92. The van der Waals surface area contributed by atoms with Crippen LogP contribution in [0.4, 0.5) is 0 Å². The highest BCUT2D eigenvalue weighted by molar-refractivity contribution is 5.81. The van der Waals surface area contributed by atoms with Gasteiger partial charge in [-0.05, 0) is 44.6 Å². The summed E-state index contributed by atoms with van der Waals surface area (Å²) >= 11 is 0. The fourth-order valence-electron chi connectivity index (χ4n) is 3.42. The third kappa shape index (κ3) is 4.19. The van der Waals surface area contributed by atoms with Crippen LogP contribution < -0.4 is 5.73 Å². The first-order valence-electron chi connectivity index (χ1n) is 8.42. The van der Waals surface area contributed by atoms with Crippen LogP contribution >= 0.6 is 0 Å². The highest BCUT2D eigenvalue weighted by Crippen LogP contribution is 2.23. The topological polar surface area (TPSA) is 66.6 Å². The molecule has 0 bridgehead atoms. The Balaban J connectivity index is 1.86. The fraction of sp³-hybridized carbons (Fsp3) is 0.875. The molecule has 5 nitrogen and oxygen atoms in total. The van der Waals surface area contributed by atoms with E-state index in [4.69, 9.17) is 5.73 Å². The van der Waals surface area contributed by atoms with Gasteiger partial charge in [0.25, 0.3) is 0 Å². The number of rotatable bonds is 4. The summed E-state index contributed by atoms with van der Waals surface area (Å²) in [7, 11) is 0. The van der Waals surface area contributed by atoms with Crippen LogP contribution in [0.5, 0.6) is 0 Å². The molecule has 0 aromatic rings. The summed E-state index contributed by atoms with van der Waals surface area (Å²) in [6.45, 7) is 5.85. The van der Waals surface area contributed by atoms with E-state index >= 15 is 0 Å². The number of hydrogen-bond acceptors (Lipinski definition) is 3. The molecule has 5 heteroatoms. The summed E-state index contributed by atoms with van der Waals surface area (Å²) in [5.41, 5.74) is 5.70. The van der Waals surface area contributed by atoms with E-state index in [0.29, 0.717) is 18.9 Å². The lowest BCUT2D eigenvalue weighted by Crippen LogP contribution is -2.49. The van der Waals surface area contributed by atoms with Gasteiger partial charge in [-0.2, -0.15) is 0 Å². The summed E-state index contributed by atoms with van der Waals surface area (Å²) in [6.07, 6.45) is 5.39. The van der Waals surface area contributed by atoms with Crippen molar-refractivity contribution in [1.82, 2.24) is 9.80 Å². The van der Waals surface area contributed by atoms with Crippen molar-refractivity contribution in [2.24, 2.45) is 17.6 Å². The number of nitrogens with zero attached hydrogens (tertiary/aromatic N) is 2. The number of hydrogen-bond donors (Lipinski definition) is 1. The van der Waals surface area contributed by atoms with Crippen molar-refractivity contribution in [1.29, 1.82) is 0 Å². The normalized spacial score (nSPS) is 24.2. The molecule has 2 N–H and O–H groups in total. The van der Waals surface area contributed by atoms with Gasteiger partial charge in [0, 0.05) is 32.6 Å². The van der Waals surface area contributed by atoms with Gasteiger partial charge in [-0.25, -0.2) is 0 Å². The smallest absolute Gasteiger partial charge is 0.227 e. The molecule has 1 unspecified atom stereocenters. The monoisotopic (exact) mass is 295 g/mol. The first-order chi connectivity index (χ1) is 10.2. The Bertz CT molecular complexity index is 365. The molecule has 0 aromatic heterocycles. The van der Waals surface area contributed by atoms with Crippen molar-refractivity contribution in [3.63, 3.8) is 0 Å². The van der Waals surface area contributed by atoms with E-state index in [1.165, 1.54) is 0 Å². The average molecular weight is 295 g/mol. The highest BCUT2D eigenvalue weighted by atomic mass is 16.2. The Labute approximate surface area is 127 Å². The van der Waals surface area contributed by atoms with Crippen LogP contribution in [0.15, 0.2) is 0 Å². The Morgan fingerprint density at radius 1 is 1.10 bits per heavy atom. The third-order valence-corrected chi connectivity index (χ3v) is 4.85. The second kappa shape index (κ2) is 7.78. The molecule has 2 rings (SSSR count). The zero-order valence-electron chi connectivity index (χ0n) is 13.2. The van der Waals surface area contributed by atoms with Gasteiger partial charge >= 0.3 is 0 Å². The zero-order chi connectivity index (χ0) is 15.2. The molecule has 2 fully saturated rings. The molecule has 2 saturated heterocycles. The molecule has 2 aliphatic rings. The second-order valence-electron chi connectivity index (χ2n) is 6.43. The second-order valence-corrected chi connectivity index (χ2v) is 6.43. The largest absolute Gasteiger partial charge is 0.342 e. The molecule has 2 amide bonds. The quantitative estimate of drug-likeness (QED) is 0.848. The number of likely N-dealkylation sites (tertiary alicyclic amines) is 2. The molecule has 0 aliphatic carbocycles. The van der Waals surface area contributed by atoms with Crippen LogP contribution in [-0.2, 0) is 9.59 Å². The summed E-state index contributed by atoms with van der Waals surface area (Å²) in [5, 5.41) is 0. The van der Waals surface area contributed by atoms with Crippen molar-refractivity contribution in [2.45, 2.75) is 45.4 Å². The minimum Gasteiger partial charge on any atom is -0.342 e. The van der Waals surface area contributed by atoms with Gasteiger partial charge in [0.1, 0.15) is 0 Å². The summed E-state index contributed by atoms with van der Waals surface area (Å²) < 4.78 is 0. The molecule has 120 valence electrons. The van der Waals surface area contributed by atoms with E-state index in [1.807, 2.05) is 16.7 Å². The maximum atomic E-state index is 12.6. The molecule has 0 aromatic carbocycles.